The van der Waals surface area contributed by atoms with Crippen LogP contribution in [0.2, 0.25) is 5.02 Å². The SMILES string of the molecule is O=S(=O)(CC1CC1)c1ccc(Nc2ncnc(OC3C4COCC3CN(c3ncc(Cl)cn3)C4)c2F)c(F)c1. The molecule has 2 unspecified atom stereocenters. The molecule has 0 radical (unpaired) electrons. The van der Waals surface area contributed by atoms with Crippen LogP contribution in [0, 0.1) is 29.4 Å². The number of hydrogen-bond acceptors (Lipinski definition) is 10. The second-order valence-electron chi connectivity index (χ2n) is 10.1. The highest BCUT2D eigenvalue weighted by molar-refractivity contribution is 7.91. The fourth-order valence-electron chi connectivity index (χ4n) is 4.98. The van der Waals surface area contributed by atoms with Gasteiger partial charge < -0.3 is 19.7 Å². The highest BCUT2D eigenvalue weighted by Gasteiger charge is 2.43. The predicted molar refractivity (Wildman–Crippen MR) is 138 cm³/mol. The van der Waals surface area contributed by atoms with Crippen LogP contribution >= 0.6 is 11.6 Å². The number of nitrogens with one attached hydrogen (secondary N) is 1. The zero-order valence-corrected chi connectivity index (χ0v) is 22.2. The van der Waals surface area contributed by atoms with Crippen molar-refractivity contribution in [1.29, 1.82) is 0 Å². The fourth-order valence-corrected chi connectivity index (χ4v) is 6.79. The molecule has 2 atom stereocenters. The molecule has 1 N–H and O–H groups in total. The highest BCUT2D eigenvalue weighted by atomic mass is 35.5. The molecule has 39 heavy (non-hydrogen) atoms. The molecule has 0 spiro atoms. The van der Waals surface area contributed by atoms with Crippen molar-refractivity contribution >= 4 is 38.9 Å². The number of benzene rings is 1. The molecule has 3 fully saturated rings. The zero-order valence-electron chi connectivity index (χ0n) is 20.6. The standard InChI is InChI=1S/C25H25ClF2N6O4S/c26-17-6-29-25(30-7-17)34-8-15-10-37-11-16(9-34)22(15)38-24-21(28)23(31-13-32-24)33-20-4-3-18(5-19(20)27)39(35,36)12-14-1-2-14/h3-7,13-16,22H,1-2,8-12H2,(H,31,32,33). The van der Waals surface area contributed by atoms with Crippen LogP contribution in [0.5, 0.6) is 5.88 Å². The summed E-state index contributed by atoms with van der Waals surface area (Å²) in [5.41, 5.74) is -0.120. The minimum absolute atomic E-state index is 0.000862. The van der Waals surface area contributed by atoms with E-state index >= 15 is 4.39 Å². The van der Waals surface area contributed by atoms with E-state index in [2.05, 4.69) is 25.3 Å². The van der Waals surface area contributed by atoms with Crippen LogP contribution in [0.25, 0.3) is 0 Å². The van der Waals surface area contributed by atoms with E-state index < -0.39 is 21.5 Å². The molecule has 2 aliphatic heterocycles. The van der Waals surface area contributed by atoms with E-state index in [1.54, 1.807) is 0 Å². The summed E-state index contributed by atoms with van der Waals surface area (Å²) in [6.07, 6.45) is 5.54. The zero-order chi connectivity index (χ0) is 27.1. The van der Waals surface area contributed by atoms with Crippen LogP contribution in [0.1, 0.15) is 12.8 Å². The Hall–Kier alpha value is -3.16. The third-order valence-corrected chi connectivity index (χ3v) is 9.18. The number of sulfone groups is 1. The van der Waals surface area contributed by atoms with Crippen LogP contribution < -0.4 is 15.0 Å². The van der Waals surface area contributed by atoms with Gasteiger partial charge in [-0.1, -0.05) is 11.6 Å². The Balaban J connectivity index is 1.17. The van der Waals surface area contributed by atoms with Crippen molar-refractivity contribution in [2.24, 2.45) is 17.8 Å². The summed E-state index contributed by atoms with van der Waals surface area (Å²) >= 11 is 5.91. The Labute approximate surface area is 228 Å². The van der Waals surface area contributed by atoms with Gasteiger partial charge >= 0.3 is 0 Å². The Morgan fingerprint density at radius 1 is 1.08 bits per heavy atom. The van der Waals surface area contributed by atoms with E-state index in [4.69, 9.17) is 21.1 Å². The molecule has 2 bridgehead atoms. The topological polar surface area (TPSA) is 119 Å². The first-order chi connectivity index (χ1) is 18.8. The number of ether oxygens (including phenoxy) is 2. The maximum atomic E-state index is 15.4. The monoisotopic (exact) mass is 578 g/mol. The van der Waals surface area contributed by atoms with Gasteiger partial charge in [0.1, 0.15) is 18.2 Å². The van der Waals surface area contributed by atoms with Crippen molar-refractivity contribution < 1.29 is 26.7 Å². The number of aromatic nitrogens is 4. The third-order valence-electron chi connectivity index (χ3n) is 7.10. The summed E-state index contributed by atoms with van der Waals surface area (Å²) < 4.78 is 67.0. The molecule has 1 aromatic carbocycles. The van der Waals surface area contributed by atoms with Crippen LogP contribution in [0.3, 0.4) is 0 Å². The Morgan fingerprint density at radius 3 is 2.46 bits per heavy atom. The summed E-state index contributed by atoms with van der Waals surface area (Å²) in [6, 6.07) is 3.50. The minimum atomic E-state index is -3.59. The van der Waals surface area contributed by atoms with Gasteiger partial charge in [-0.05, 0) is 37.0 Å². The van der Waals surface area contributed by atoms with Crippen molar-refractivity contribution in [3.05, 3.63) is 53.6 Å². The van der Waals surface area contributed by atoms with Crippen molar-refractivity contribution in [3.63, 3.8) is 0 Å². The van der Waals surface area contributed by atoms with Crippen LogP contribution in [0.4, 0.5) is 26.2 Å². The maximum absolute atomic E-state index is 15.4. The van der Waals surface area contributed by atoms with E-state index in [0.29, 0.717) is 37.3 Å². The number of hydrogen-bond donors (Lipinski definition) is 1. The number of nitrogens with zero attached hydrogens (tertiary/aromatic N) is 5. The molecule has 206 valence electrons. The van der Waals surface area contributed by atoms with Crippen LogP contribution in [-0.2, 0) is 14.6 Å². The van der Waals surface area contributed by atoms with Crippen molar-refractivity contribution in [3.8, 4) is 5.88 Å². The van der Waals surface area contributed by atoms with E-state index in [0.717, 1.165) is 25.2 Å². The molecule has 1 aliphatic carbocycles. The molecular weight excluding hydrogens is 554 g/mol. The third kappa shape index (κ3) is 5.61. The van der Waals surface area contributed by atoms with Crippen LogP contribution in [0.15, 0.2) is 41.8 Å². The number of rotatable bonds is 8. The summed E-state index contributed by atoms with van der Waals surface area (Å²) in [5, 5.41) is 3.04. The molecule has 3 aromatic rings. The first-order valence-electron chi connectivity index (χ1n) is 12.5. The average Bonchev–Trinajstić information content (AvgIpc) is 3.71. The number of anilines is 3. The molecule has 10 nitrogen and oxygen atoms in total. The lowest BCUT2D eigenvalue weighted by atomic mass is 9.84. The van der Waals surface area contributed by atoms with E-state index in [1.807, 2.05) is 4.90 Å². The fraction of sp³-hybridized carbons (Fsp3) is 0.440. The first kappa shape index (κ1) is 26.1. The molecule has 6 rings (SSSR count). The lowest BCUT2D eigenvalue weighted by molar-refractivity contribution is -0.0780. The summed E-state index contributed by atoms with van der Waals surface area (Å²) in [7, 11) is -3.59. The smallest absolute Gasteiger partial charge is 0.256 e. The minimum Gasteiger partial charge on any atom is -0.471 e. The maximum Gasteiger partial charge on any atom is 0.256 e. The van der Waals surface area contributed by atoms with E-state index in [1.165, 1.54) is 24.5 Å². The molecule has 1 saturated carbocycles. The Morgan fingerprint density at radius 2 is 1.79 bits per heavy atom. The van der Waals surface area contributed by atoms with Crippen LogP contribution in [-0.4, -0.2) is 66.5 Å². The van der Waals surface area contributed by atoms with Crippen molar-refractivity contribution in [1.82, 2.24) is 19.9 Å². The summed E-state index contributed by atoms with van der Waals surface area (Å²) in [5.74, 6) is -1.82. The molecular formula is C25H25ClF2N6O4S. The Bertz CT molecular complexity index is 1460. The lowest BCUT2D eigenvalue weighted by Crippen LogP contribution is -2.58. The van der Waals surface area contributed by atoms with E-state index in [9.17, 15) is 12.8 Å². The van der Waals surface area contributed by atoms with Gasteiger partial charge in [-0.2, -0.15) is 9.37 Å². The van der Waals surface area contributed by atoms with Gasteiger partial charge in [0, 0.05) is 24.9 Å². The number of fused-ring (bicyclic) bond motifs is 2. The number of halogens is 3. The molecule has 3 aliphatic rings. The van der Waals surface area contributed by atoms with Crippen molar-refractivity contribution in [2.75, 3.05) is 42.3 Å². The predicted octanol–water partition coefficient (Wildman–Crippen LogP) is 3.66. The molecule has 2 saturated heterocycles. The molecule has 14 heteroatoms. The number of piperidine rings is 1. The lowest BCUT2D eigenvalue weighted by Gasteiger charge is -2.46. The van der Waals surface area contributed by atoms with Gasteiger partial charge in [0.25, 0.3) is 5.88 Å². The van der Waals surface area contributed by atoms with Crippen molar-refractivity contribution in [2.45, 2.75) is 23.8 Å². The van der Waals surface area contributed by atoms with Gasteiger partial charge in [0.15, 0.2) is 15.7 Å². The second-order valence-corrected chi connectivity index (χ2v) is 12.5. The average molecular weight is 579 g/mol. The molecule has 4 heterocycles. The quantitative estimate of drug-likeness (QED) is 0.424. The van der Waals surface area contributed by atoms with Gasteiger partial charge in [0.2, 0.25) is 11.8 Å². The largest absolute Gasteiger partial charge is 0.471 e. The molecule has 0 amide bonds. The summed E-state index contributed by atoms with van der Waals surface area (Å²) in [4.78, 5) is 18.4. The highest BCUT2D eigenvalue weighted by Crippen LogP contribution is 2.35. The normalized spacial score (nSPS) is 22.9. The van der Waals surface area contributed by atoms with Gasteiger partial charge in [-0.3, -0.25) is 0 Å². The Kier molecular flexibility index (Phi) is 6.98. The second kappa shape index (κ2) is 10.4. The first-order valence-corrected chi connectivity index (χ1v) is 14.6. The van der Waals surface area contributed by atoms with Gasteiger partial charge in [-0.25, -0.2) is 27.8 Å². The summed E-state index contributed by atoms with van der Waals surface area (Å²) in [6.45, 7) is 1.87. The molecule has 2 aromatic heterocycles. The van der Waals surface area contributed by atoms with E-state index in [-0.39, 0.29) is 51.9 Å². The van der Waals surface area contributed by atoms with Gasteiger partial charge in [-0.15, -0.1) is 0 Å². The van der Waals surface area contributed by atoms with Gasteiger partial charge in [0.05, 0.1) is 47.0 Å².